The summed E-state index contributed by atoms with van der Waals surface area (Å²) in [5.41, 5.74) is -3.78. The van der Waals surface area contributed by atoms with E-state index in [1.165, 1.54) is 24.3 Å². The van der Waals surface area contributed by atoms with Gasteiger partial charge in [-0.15, -0.1) is 0 Å². The summed E-state index contributed by atoms with van der Waals surface area (Å²) in [5.74, 6) is 0.114. The van der Waals surface area contributed by atoms with Crippen molar-refractivity contribution in [2.75, 3.05) is 18.4 Å². The zero-order valence-electron chi connectivity index (χ0n) is 10.8. The number of alkyl halides is 3. The first-order chi connectivity index (χ1) is 9.35. The van der Waals surface area contributed by atoms with Crippen LogP contribution in [0, 0.1) is 11.8 Å². The molecular weight excluding hydrogens is 289 g/mol. The molecule has 1 fully saturated rings. The van der Waals surface area contributed by atoms with Crippen molar-refractivity contribution in [3.05, 3.63) is 24.3 Å². The molecule has 0 bridgehead atoms. The fraction of sp³-hybridized carbons (Fsp3) is 0.462. The van der Waals surface area contributed by atoms with Crippen LogP contribution in [0.25, 0.3) is 0 Å². The second kappa shape index (κ2) is 6.05. The molecule has 0 radical (unpaired) electrons. The van der Waals surface area contributed by atoms with E-state index in [1.807, 2.05) is 6.92 Å². The Kier molecular flexibility index (Phi) is 4.59. The summed E-state index contributed by atoms with van der Waals surface area (Å²) >= 11 is -0.169. The van der Waals surface area contributed by atoms with Gasteiger partial charge in [0.25, 0.3) is 0 Å². The van der Waals surface area contributed by atoms with Crippen LogP contribution in [0.15, 0.2) is 29.2 Å². The highest BCUT2D eigenvalue weighted by Crippen LogP contribution is 2.37. The van der Waals surface area contributed by atoms with Gasteiger partial charge in [-0.1, -0.05) is 6.92 Å². The predicted molar refractivity (Wildman–Crippen MR) is 72.5 cm³/mol. The summed E-state index contributed by atoms with van der Waals surface area (Å²) < 4.78 is 36.5. The number of amides is 1. The van der Waals surface area contributed by atoms with E-state index in [-0.39, 0.29) is 28.5 Å². The van der Waals surface area contributed by atoms with E-state index in [4.69, 9.17) is 0 Å². The smallest absolute Gasteiger partial charge is 0.326 e. The minimum absolute atomic E-state index is 0.103. The van der Waals surface area contributed by atoms with Gasteiger partial charge in [0.1, 0.15) is 0 Å². The highest BCUT2D eigenvalue weighted by Gasteiger charge is 2.30. The van der Waals surface area contributed by atoms with Gasteiger partial charge in [0.15, 0.2) is 0 Å². The van der Waals surface area contributed by atoms with Crippen LogP contribution in [0.4, 0.5) is 18.9 Å². The lowest BCUT2D eigenvalue weighted by molar-refractivity contribution is -0.121. The molecule has 1 aliphatic heterocycles. The molecule has 7 heteroatoms. The van der Waals surface area contributed by atoms with Gasteiger partial charge < -0.3 is 10.6 Å². The Morgan fingerprint density at radius 2 is 1.95 bits per heavy atom. The van der Waals surface area contributed by atoms with Crippen molar-refractivity contribution in [2.45, 2.75) is 17.3 Å². The van der Waals surface area contributed by atoms with Crippen molar-refractivity contribution in [1.82, 2.24) is 5.32 Å². The minimum Gasteiger partial charge on any atom is -0.326 e. The molecule has 0 spiro atoms. The molecule has 0 saturated carbocycles. The van der Waals surface area contributed by atoms with Crippen molar-refractivity contribution in [3.63, 3.8) is 0 Å². The molecule has 1 aliphatic rings. The number of carbonyl (C=O) groups is 1. The molecule has 2 rings (SSSR count). The average Bonchev–Trinajstić information content (AvgIpc) is 2.27. The lowest BCUT2D eigenvalue weighted by Gasteiger charge is -2.31. The largest absolute Gasteiger partial charge is 0.446 e. The molecule has 0 aromatic heterocycles. The van der Waals surface area contributed by atoms with Gasteiger partial charge in [-0.2, -0.15) is 13.2 Å². The van der Waals surface area contributed by atoms with E-state index in [9.17, 15) is 18.0 Å². The van der Waals surface area contributed by atoms with Crippen molar-refractivity contribution in [2.24, 2.45) is 11.8 Å². The van der Waals surface area contributed by atoms with Gasteiger partial charge in [-0.05, 0) is 55.0 Å². The summed E-state index contributed by atoms with van der Waals surface area (Å²) in [5, 5.41) is 5.82. The third-order valence-electron chi connectivity index (χ3n) is 3.29. The van der Waals surface area contributed by atoms with Crippen molar-refractivity contribution >= 4 is 23.4 Å². The van der Waals surface area contributed by atoms with E-state index < -0.39 is 5.51 Å². The number of nitrogens with one attached hydrogen (secondary N) is 2. The molecule has 1 heterocycles. The summed E-state index contributed by atoms with van der Waals surface area (Å²) in [6, 6.07) is 5.67. The van der Waals surface area contributed by atoms with Crippen LogP contribution in [0.2, 0.25) is 0 Å². The van der Waals surface area contributed by atoms with Gasteiger partial charge in [-0.3, -0.25) is 4.79 Å². The Balaban J connectivity index is 1.91. The quantitative estimate of drug-likeness (QED) is 0.840. The number of thioether (sulfide) groups is 1. The normalized spacial score (nSPS) is 17.4. The second-order valence-corrected chi connectivity index (χ2v) is 5.91. The summed E-state index contributed by atoms with van der Waals surface area (Å²) in [7, 11) is 0. The van der Waals surface area contributed by atoms with E-state index in [0.29, 0.717) is 11.6 Å². The number of benzene rings is 1. The van der Waals surface area contributed by atoms with Gasteiger partial charge in [-0.25, -0.2) is 0 Å². The fourth-order valence-electron chi connectivity index (χ4n) is 1.87. The van der Waals surface area contributed by atoms with Crippen LogP contribution in [0.5, 0.6) is 0 Å². The maximum atomic E-state index is 12.2. The summed E-state index contributed by atoms with van der Waals surface area (Å²) in [6.45, 7) is 3.51. The molecule has 1 aromatic carbocycles. The van der Waals surface area contributed by atoms with Crippen LogP contribution >= 0.6 is 11.8 Å². The molecule has 3 nitrogen and oxygen atoms in total. The Morgan fingerprint density at radius 3 is 2.40 bits per heavy atom. The number of anilines is 1. The molecule has 1 unspecified atom stereocenters. The lowest BCUT2D eigenvalue weighted by atomic mass is 9.88. The number of rotatable bonds is 4. The van der Waals surface area contributed by atoms with Gasteiger partial charge in [0, 0.05) is 16.5 Å². The predicted octanol–water partition coefficient (Wildman–Crippen LogP) is 3.09. The SMILES string of the molecule is CC(C(=O)Nc1ccc(SC(F)(F)F)cc1)C1CNC1. The van der Waals surface area contributed by atoms with Crippen LogP contribution in [0.3, 0.4) is 0 Å². The van der Waals surface area contributed by atoms with Gasteiger partial charge in [0.2, 0.25) is 5.91 Å². The Bertz CT molecular complexity index is 471. The Hall–Kier alpha value is -1.21. The van der Waals surface area contributed by atoms with Crippen molar-refractivity contribution in [1.29, 1.82) is 0 Å². The standard InChI is InChI=1S/C13H15F3N2OS/c1-8(9-6-17-7-9)12(19)18-10-2-4-11(5-3-10)20-13(14,15)16/h2-5,8-9,17H,6-7H2,1H3,(H,18,19). The highest BCUT2D eigenvalue weighted by molar-refractivity contribution is 8.00. The number of carbonyl (C=O) groups excluding carboxylic acids is 1. The topological polar surface area (TPSA) is 41.1 Å². The van der Waals surface area contributed by atoms with E-state index in [2.05, 4.69) is 10.6 Å². The Morgan fingerprint density at radius 1 is 1.35 bits per heavy atom. The monoisotopic (exact) mass is 304 g/mol. The zero-order valence-corrected chi connectivity index (χ0v) is 11.6. The van der Waals surface area contributed by atoms with Crippen LogP contribution in [-0.4, -0.2) is 24.5 Å². The number of halogens is 3. The fourth-order valence-corrected chi connectivity index (χ4v) is 2.41. The number of hydrogen-bond acceptors (Lipinski definition) is 3. The first-order valence-electron chi connectivity index (χ1n) is 6.22. The molecule has 2 N–H and O–H groups in total. The summed E-state index contributed by atoms with van der Waals surface area (Å²) in [6.07, 6.45) is 0. The first-order valence-corrected chi connectivity index (χ1v) is 7.04. The van der Waals surface area contributed by atoms with Crippen LogP contribution < -0.4 is 10.6 Å². The third-order valence-corrected chi connectivity index (χ3v) is 4.03. The van der Waals surface area contributed by atoms with E-state index in [1.54, 1.807) is 0 Å². The van der Waals surface area contributed by atoms with Gasteiger partial charge >= 0.3 is 5.51 Å². The molecule has 1 aromatic rings. The molecule has 1 amide bonds. The first kappa shape index (κ1) is 15.2. The maximum absolute atomic E-state index is 12.2. The van der Waals surface area contributed by atoms with Crippen LogP contribution in [0.1, 0.15) is 6.92 Å². The van der Waals surface area contributed by atoms with Crippen molar-refractivity contribution < 1.29 is 18.0 Å². The minimum atomic E-state index is -4.30. The maximum Gasteiger partial charge on any atom is 0.446 e. The van der Waals surface area contributed by atoms with E-state index in [0.717, 1.165) is 13.1 Å². The average molecular weight is 304 g/mol. The summed E-state index contributed by atoms with van der Waals surface area (Å²) in [4.78, 5) is 12.0. The zero-order chi connectivity index (χ0) is 14.8. The second-order valence-electron chi connectivity index (χ2n) is 4.77. The highest BCUT2D eigenvalue weighted by atomic mass is 32.2. The molecule has 1 saturated heterocycles. The molecule has 1 atom stereocenters. The van der Waals surface area contributed by atoms with Crippen LogP contribution in [-0.2, 0) is 4.79 Å². The lowest BCUT2D eigenvalue weighted by Crippen LogP contribution is -2.48. The molecule has 0 aliphatic carbocycles. The molecular formula is C13H15F3N2OS. The van der Waals surface area contributed by atoms with Crippen molar-refractivity contribution in [3.8, 4) is 0 Å². The third kappa shape index (κ3) is 4.14. The molecule has 20 heavy (non-hydrogen) atoms. The van der Waals surface area contributed by atoms with Gasteiger partial charge in [0.05, 0.1) is 0 Å². The Labute approximate surface area is 119 Å². The van der Waals surface area contributed by atoms with E-state index >= 15 is 0 Å². The number of hydrogen-bond donors (Lipinski definition) is 2. The molecule has 110 valence electrons.